The third-order valence-electron chi connectivity index (χ3n) is 4.33. The van der Waals surface area contributed by atoms with Crippen molar-refractivity contribution in [3.05, 3.63) is 59.7 Å². The predicted molar refractivity (Wildman–Crippen MR) is 94.0 cm³/mol. The van der Waals surface area contributed by atoms with Crippen LogP contribution < -0.4 is 11.1 Å². The quantitative estimate of drug-likeness (QED) is 0.846. The van der Waals surface area contributed by atoms with Crippen LogP contribution in [0.25, 0.3) is 0 Å². The topological polar surface area (TPSA) is 41.3 Å². The van der Waals surface area contributed by atoms with Crippen molar-refractivity contribution in [1.82, 2.24) is 4.90 Å². The summed E-state index contributed by atoms with van der Waals surface area (Å²) in [6.45, 7) is 5.41. The summed E-state index contributed by atoms with van der Waals surface area (Å²) in [4.78, 5) is 2.52. The van der Waals surface area contributed by atoms with Crippen LogP contribution in [0.5, 0.6) is 0 Å². The lowest BCUT2D eigenvalue weighted by molar-refractivity contribution is 0.211. The third kappa shape index (κ3) is 4.01. The van der Waals surface area contributed by atoms with Crippen LogP contribution in [0.1, 0.15) is 24.0 Å². The van der Waals surface area contributed by atoms with Crippen LogP contribution in [0.15, 0.2) is 48.5 Å². The van der Waals surface area contributed by atoms with Gasteiger partial charge in [0.05, 0.1) is 0 Å². The Morgan fingerprint density at radius 3 is 2.59 bits per heavy atom. The Bertz CT molecular complexity index is 560. The van der Waals surface area contributed by atoms with Gasteiger partial charge in [-0.1, -0.05) is 24.3 Å². The van der Waals surface area contributed by atoms with E-state index in [0.29, 0.717) is 6.04 Å². The minimum atomic E-state index is 0.582. The molecule has 0 aliphatic carbocycles. The summed E-state index contributed by atoms with van der Waals surface area (Å²) in [6.07, 6.45) is 2.38. The summed E-state index contributed by atoms with van der Waals surface area (Å²) in [5.41, 5.74) is 10.6. The molecule has 2 aromatic rings. The SMILES string of the molecule is Cc1cccc(NC2CCN(Cc3cccc(N)c3)CC2)c1. The van der Waals surface area contributed by atoms with Gasteiger partial charge < -0.3 is 11.1 Å². The molecule has 1 aliphatic heterocycles. The van der Waals surface area contributed by atoms with Gasteiger partial charge in [-0.3, -0.25) is 4.90 Å². The van der Waals surface area contributed by atoms with Crippen LogP contribution in [0, 0.1) is 6.92 Å². The molecular formula is C19H25N3. The third-order valence-corrected chi connectivity index (χ3v) is 4.33. The van der Waals surface area contributed by atoms with Gasteiger partial charge in [0.1, 0.15) is 0 Å². The number of hydrogen-bond donors (Lipinski definition) is 2. The van der Waals surface area contributed by atoms with E-state index in [9.17, 15) is 0 Å². The van der Waals surface area contributed by atoms with Gasteiger partial charge in [0, 0.05) is 37.1 Å². The smallest absolute Gasteiger partial charge is 0.0344 e. The first-order valence-electron chi connectivity index (χ1n) is 8.09. The van der Waals surface area contributed by atoms with Crippen molar-refractivity contribution in [3.8, 4) is 0 Å². The number of aryl methyl sites for hydroxylation is 1. The van der Waals surface area contributed by atoms with Crippen molar-refractivity contribution in [3.63, 3.8) is 0 Å². The molecule has 22 heavy (non-hydrogen) atoms. The minimum Gasteiger partial charge on any atom is -0.399 e. The summed E-state index contributed by atoms with van der Waals surface area (Å²) in [6, 6.07) is 17.4. The van der Waals surface area contributed by atoms with E-state index in [2.05, 4.69) is 53.5 Å². The number of benzene rings is 2. The fourth-order valence-electron chi connectivity index (χ4n) is 3.16. The normalized spacial score (nSPS) is 16.6. The molecule has 1 aliphatic rings. The van der Waals surface area contributed by atoms with Crippen molar-refractivity contribution < 1.29 is 0 Å². The number of nitrogens with one attached hydrogen (secondary N) is 1. The lowest BCUT2D eigenvalue weighted by Gasteiger charge is -2.33. The summed E-state index contributed by atoms with van der Waals surface area (Å²) in [5.74, 6) is 0. The monoisotopic (exact) mass is 295 g/mol. The van der Waals surface area contributed by atoms with Gasteiger partial charge in [-0.15, -0.1) is 0 Å². The highest BCUT2D eigenvalue weighted by atomic mass is 15.1. The summed E-state index contributed by atoms with van der Waals surface area (Å²) in [7, 11) is 0. The van der Waals surface area contributed by atoms with Crippen molar-refractivity contribution >= 4 is 11.4 Å². The van der Waals surface area contributed by atoms with Crippen LogP contribution in [-0.4, -0.2) is 24.0 Å². The molecule has 3 N–H and O–H groups in total. The van der Waals surface area contributed by atoms with Crippen molar-refractivity contribution in [2.45, 2.75) is 32.4 Å². The molecule has 3 nitrogen and oxygen atoms in total. The lowest BCUT2D eigenvalue weighted by atomic mass is 10.0. The zero-order valence-electron chi connectivity index (χ0n) is 13.3. The van der Waals surface area contributed by atoms with Gasteiger partial charge in [-0.25, -0.2) is 0 Å². The number of rotatable bonds is 4. The molecule has 0 saturated carbocycles. The van der Waals surface area contributed by atoms with E-state index in [1.165, 1.54) is 29.7 Å². The van der Waals surface area contributed by atoms with Crippen molar-refractivity contribution in [2.24, 2.45) is 0 Å². The average Bonchev–Trinajstić information content (AvgIpc) is 2.49. The number of hydrogen-bond acceptors (Lipinski definition) is 3. The number of nitrogens with zero attached hydrogens (tertiary/aromatic N) is 1. The maximum atomic E-state index is 5.86. The first kappa shape index (κ1) is 14.9. The summed E-state index contributed by atoms with van der Waals surface area (Å²) < 4.78 is 0. The van der Waals surface area contributed by atoms with E-state index >= 15 is 0 Å². The summed E-state index contributed by atoms with van der Waals surface area (Å²) in [5, 5.41) is 3.67. The maximum absolute atomic E-state index is 5.86. The highest BCUT2D eigenvalue weighted by molar-refractivity contribution is 5.46. The fourth-order valence-corrected chi connectivity index (χ4v) is 3.16. The van der Waals surface area contributed by atoms with E-state index in [0.717, 1.165) is 25.3 Å². The van der Waals surface area contributed by atoms with Gasteiger partial charge in [-0.2, -0.15) is 0 Å². The Morgan fingerprint density at radius 2 is 1.86 bits per heavy atom. The minimum absolute atomic E-state index is 0.582. The Hall–Kier alpha value is -2.00. The van der Waals surface area contributed by atoms with Gasteiger partial charge in [0.2, 0.25) is 0 Å². The number of nitrogen functional groups attached to an aromatic ring is 1. The molecule has 0 amide bonds. The largest absolute Gasteiger partial charge is 0.399 e. The molecule has 116 valence electrons. The van der Waals surface area contributed by atoms with Crippen LogP contribution in [-0.2, 0) is 6.54 Å². The highest BCUT2D eigenvalue weighted by Crippen LogP contribution is 2.19. The van der Waals surface area contributed by atoms with Gasteiger partial charge >= 0.3 is 0 Å². The Kier molecular flexibility index (Phi) is 4.64. The number of anilines is 2. The van der Waals surface area contributed by atoms with Crippen LogP contribution >= 0.6 is 0 Å². The highest BCUT2D eigenvalue weighted by Gasteiger charge is 2.19. The van der Waals surface area contributed by atoms with Crippen molar-refractivity contribution in [1.29, 1.82) is 0 Å². The van der Waals surface area contributed by atoms with Crippen molar-refractivity contribution in [2.75, 3.05) is 24.1 Å². The zero-order chi connectivity index (χ0) is 15.4. The molecule has 0 unspecified atom stereocenters. The maximum Gasteiger partial charge on any atom is 0.0344 e. The molecule has 0 aromatic heterocycles. The molecule has 0 atom stereocenters. The molecule has 3 heteroatoms. The van der Waals surface area contributed by atoms with Gasteiger partial charge in [0.25, 0.3) is 0 Å². The molecule has 1 heterocycles. The first-order valence-corrected chi connectivity index (χ1v) is 8.09. The first-order chi connectivity index (χ1) is 10.7. The molecule has 0 bridgehead atoms. The fraction of sp³-hybridized carbons (Fsp3) is 0.368. The molecule has 1 saturated heterocycles. The van der Waals surface area contributed by atoms with E-state index in [1.54, 1.807) is 0 Å². The van der Waals surface area contributed by atoms with E-state index in [-0.39, 0.29) is 0 Å². The molecule has 0 spiro atoms. The number of piperidine rings is 1. The lowest BCUT2D eigenvalue weighted by Crippen LogP contribution is -2.38. The second-order valence-corrected chi connectivity index (χ2v) is 6.31. The molecule has 1 fully saturated rings. The predicted octanol–water partition coefficient (Wildman–Crippen LogP) is 3.65. The zero-order valence-corrected chi connectivity index (χ0v) is 13.3. The van der Waals surface area contributed by atoms with Crippen LogP contribution in [0.4, 0.5) is 11.4 Å². The van der Waals surface area contributed by atoms with Gasteiger partial charge in [-0.05, 0) is 55.2 Å². The van der Waals surface area contributed by atoms with Crippen LogP contribution in [0.3, 0.4) is 0 Å². The molecule has 2 aromatic carbocycles. The molecule has 0 radical (unpaired) electrons. The van der Waals surface area contributed by atoms with E-state index in [4.69, 9.17) is 5.73 Å². The molecular weight excluding hydrogens is 270 g/mol. The van der Waals surface area contributed by atoms with E-state index in [1.807, 2.05) is 12.1 Å². The van der Waals surface area contributed by atoms with Gasteiger partial charge in [0.15, 0.2) is 0 Å². The van der Waals surface area contributed by atoms with E-state index < -0.39 is 0 Å². The molecule has 3 rings (SSSR count). The standard InChI is InChI=1S/C19H25N3/c1-15-4-2-7-19(12-15)21-18-8-10-22(11-9-18)14-16-5-3-6-17(20)13-16/h2-7,12-13,18,21H,8-11,14,20H2,1H3. The van der Waals surface area contributed by atoms with Crippen LogP contribution in [0.2, 0.25) is 0 Å². The number of likely N-dealkylation sites (tertiary alicyclic amines) is 1. The second-order valence-electron chi connectivity index (χ2n) is 6.31. The number of nitrogens with two attached hydrogens (primary N) is 1. The Labute approximate surface area is 133 Å². The average molecular weight is 295 g/mol. The summed E-state index contributed by atoms with van der Waals surface area (Å²) >= 11 is 0. The second kappa shape index (κ2) is 6.84. The Morgan fingerprint density at radius 1 is 1.09 bits per heavy atom. The Balaban J connectivity index is 1.50.